The van der Waals surface area contributed by atoms with E-state index in [1.807, 2.05) is 66.8 Å². The van der Waals surface area contributed by atoms with Gasteiger partial charge in [0.25, 0.3) is 0 Å². The van der Waals surface area contributed by atoms with Gasteiger partial charge in [0.1, 0.15) is 0 Å². The molecule has 1 aromatic rings. The molecule has 1 fully saturated rings. The molecule has 152 valence electrons. The van der Waals surface area contributed by atoms with Gasteiger partial charge in [-0.2, -0.15) is 0 Å². The minimum absolute atomic E-state index is 0. The summed E-state index contributed by atoms with van der Waals surface area (Å²) in [6.07, 6.45) is 5.64. The fourth-order valence-electron chi connectivity index (χ4n) is 2.50. The average molecular weight is 355 g/mol. The lowest BCUT2D eigenvalue weighted by Crippen LogP contribution is -2.30. The van der Waals surface area contributed by atoms with Crippen LogP contribution < -0.4 is 10.6 Å². The standard InChI is InChI=1S/C8H17N.C8H11N.3C2H6.CH4/c1-7-4-3-5-8(6-7)9-2;1-9-7-8-5-3-2-4-6-8;3*1-2;/h7-9H,3-6H2,1-2H3;2-6,9H,7H2,1H3;3*1-2H3;1H4. The van der Waals surface area contributed by atoms with Gasteiger partial charge in [0.05, 0.1) is 0 Å². The highest BCUT2D eigenvalue weighted by Gasteiger charge is 2.16. The van der Waals surface area contributed by atoms with Crippen molar-refractivity contribution < 1.29 is 0 Å². The van der Waals surface area contributed by atoms with Crippen LogP contribution in [0, 0.1) is 5.92 Å². The Morgan fingerprint density at radius 3 is 1.76 bits per heavy atom. The SMILES string of the molecule is C.CC.CC.CC.CNC1CCCC(C)C1.CNCc1ccccc1. The lowest BCUT2D eigenvalue weighted by Gasteiger charge is -2.25. The molecule has 0 amide bonds. The summed E-state index contributed by atoms with van der Waals surface area (Å²) in [4.78, 5) is 0. The van der Waals surface area contributed by atoms with E-state index in [-0.39, 0.29) is 7.43 Å². The second-order valence-corrected chi connectivity index (χ2v) is 5.27. The topological polar surface area (TPSA) is 24.1 Å². The quantitative estimate of drug-likeness (QED) is 0.616. The summed E-state index contributed by atoms with van der Waals surface area (Å²) in [7, 11) is 4.02. The van der Waals surface area contributed by atoms with E-state index in [2.05, 4.69) is 36.7 Å². The maximum Gasteiger partial charge on any atom is 0.0202 e. The Morgan fingerprint density at radius 2 is 1.40 bits per heavy atom. The molecule has 2 unspecified atom stereocenters. The van der Waals surface area contributed by atoms with Gasteiger partial charge in [0, 0.05) is 12.6 Å². The lowest BCUT2D eigenvalue weighted by molar-refractivity contribution is 0.314. The molecule has 1 aliphatic carbocycles. The van der Waals surface area contributed by atoms with Crippen LogP contribution in [0.5, 0.6) is 0 Å². The normalized spacial score (nSPS) is 17.3. The third kappa shape index (κ3) is 21.1. The first-order valence-electron chi connectivity index (χ1n) is 10.1. The zero-order valence-corrected chi connectivity index (χ0v) is 18.1. The smallest absolute Gasteiger partial charge is 0.0202 e. The zero-order chi connectivity index (χ0) is 19.2. The second kappa shape index (κ2) is 28.0. The van der Waals surface area contributed by atoms with Crippen LogP contribution in [0.1, 0.15) is 87.1 Å². The number of rotatable bonds is 3. The Labute approximate surface area is 161 Å². The molecule has 25 heavy (non-hydrogen) atoms. The van der Waals surface area contributed by atoms with E-state index in [1.165, 1.54) is 31.2 Å². The fourth-order valence-corrected chi connectivity index (χ4v) is 2.50. The van der Waals surface area contributed by atoms with Crippen LogP contribution in [0.4, 0.5) is 0 Å². The maximum absolute atomic E-state index is 3.33. The number of nitrogens with one attached hydrogen (secondary N) is 2. The fraction of sp³-hybridized carbons (Fsp3) is 0.739. The molecule has 0 aromatic heterocycles. The van der Waals surface area contributed by atoms with Gasteiger partial charge in [-0.1, -0.05) is 99.1 Å². The summed E-state index contributed by atoms with van der Waals surface area (Å²) in [5.41, 5.74) is 1.33. The van der Waals surface area contributed by atoms with Gasteiger partial charge in [-0.05, 0) is 38.4 Å². The van der Waals surface area contributed by atoms with Gasteiger partial charge < -0.3 is 10.6 Å². The lowest BCUT2D eigenvalue weighted by atomic mass is 9.87. The van der Waals surface area contributed by atoms with Crippen LogP contribution in [0.3, 0.4) is 0 Å². The molecule has 2 rings (SSSR count). The van der Waals surface area contributed by atoms with Crippen molar-refractivity contribution in [1.29, 1.82) is 0 Å². The van der Waals surface area contributed by atoms with Crippen LogP contribution in [-0.4, -0.2) is 20.1 Å². The first-order valence-corrected chi connectivity index (χ1v) is 10.1. The van der Waals surface area contributed by atoms with Crippen molar-refractivity contribution in [3.63, 3.8) is 0 Å². The molecule has 2 atom stereocenters. The molecule has 2 nitrogen and oxygen atoms in total. The van der Waals surface area contributed by atoms with Gasteiger partial charge in [-0.15, -0.1) is 0 Å². The third-order valence-corrected chi connectivity index (χ3v) is 3.57. The summed E-state index contributed by atoms with van der Waals surface area (Å²) in [6, 6.07) is 11.2. The van der Waals surface area contributed by atoms with Crippen LogP contribution in [0.25, 0.3) is 0 Å². The Hall–Kier alpha value is -0.860. The Kier molecular flexibility index (Phi) is 35.6. The Balaban J connectivity index is -0.000000132. The molecule has 0 radical (unpaired) electrons. The molecule has 1 aliphatic rings. The van der Waals surface area contributed by atoms with Crippen molar-refractivity contribution in [2.45, 2.75) is 94.2 Å². The summed E-state index contributed by atoms with van der Waals surface area (Å²) in [5, 5.41) is 6.42. The molecule has 1 aromatic carbocycles. The number of benzene rings is 1. The third-order valence-electron chi connectivity index (χ3n) is 3.57. The predicted molar refractivity (Wildman–Crippen MR) is 120 cm³/mol. The Morgan fingerprint density at radius 1 is 0.880 bits per heavy atom. The number of hydrogen-bond donors (Lipinski definition) is 2. The van der Waals surface area contributed by atoms with Crippen molar-refractivity contribution in [1.82, 2.24) is 10.6 Å². The molecular weight excluding hydrogens is 304 g/mol. The van der Waals surface area contributed by atoms with Crippen LogP contribution >= 0.6 is 0 Å². The average Bonchev–Trinajstić information content (AvgIpc) is 2.68. The van der Waals surface area contributed by atoms with Crippen molar-refractivity contribution in [3.8, 4) is 0 Å². The van der Waals surface area contributed by atoms with E-state index >= 15 is 0 Å². The van der Waals surface area contributed by atoms with Gasteiger partial charge in [0.15, 0.2) is 0 Å². The maximum atomic E-state index is 3.33. The highest BCUT2D eigenvalue weighted by Crippen LogP contribution is 2.22. The summed E-state index contributed by atoms with van der Waals surface area (Å²) < 4.78 is 0. The van der Waals surface area contributed by atoms with Crippen LogP contribution in [-0.2, 0) is 6.54 Å². The van der Waals surface area contributed by atoms with E-state index in [4.69, 9.17) is 0 Å². The first-order chi connectivity index (χ1) is 11.8. The van der Waals surface area contributed by atoms with Crippen molar-refractivity contribution >= 4 is 0 Å². The summed E-state index contributed by atoms with van der Waals surface area (Å²) >= 11 is 0. The Bertz CT molecular complexity index is 298. The van der Waals surface area contributed by atoms with Crippen LogP contribution in [0.15, 0.2) is 30.3 Å². The minimum atomic E-state index is 0. The molecule has 0 heterocycles. The van der Waals surface area contributed by atoms with Crippen LogP contribution in [0.2, 0.25) is 0 Å². The summed E-state index contributed by atoms with van der Waals surface area (Å²) in [5.74, 6) is 0.955. The largest absolute Gasteiger partial charge is 0.317 e. The van der Waals surface area contributed by atoms with Gasteiger partial charge in [-0.25, -0.2) is 0 Å². The van der Waals surface area contributed by atoms with E-state index in [0.29, 0.717) is 0 Å². The molecule has 2 N–H and O–H groups in total. The predicted octanol–water partition coefficient (Wildman–Crippen LogP) is 6.91. The zero-order valence-electron chi connectivity index (χ0n) is 18.1. The van der Waals surface area contributed by atoms with E-state index in [9.17, 15) is 0 Å². The molecule has 0 bridgehead atoms. The molecule has 1 saturated carbocycles. The highest BCUT2D eigenvalue weighted by atomic mass is 14.9. The summed E-state index contributed by atoms with van der Waals surface area (Å²) in [6.45, 7) is 15.3. The molecule has 0 saturated heterocycles. The van der Waals surface area contributed by atoms with E-state index < -0.39 is 0 Å². The first kappa shape index (κ1) is 31.9. The highest BCUT2D eigenvalue weighted by molar-refractivity contribution is 5.13. The molecule has 0 spiro atoms. The van der Waals surface area contributed by atoms with Crippen molar-refractivity contribution in [2.75, 3.05) is 14.1 Å². The minimum Gasteiger partial charge on any atom is -0.317 e. The van der Waals surface area contributed by atoms with E-state index in [0.717, 1.165) is 18.5 Å². The van der Waals surface area contributed by atoms with Gasteiger partial charge in [-0.3, -0.25) is 0 Å². The van der Waals surface area contributed by atoms with Crippen molar-refractivity contribution in [2.24, 2.45) is 5.92 Å². The molecular formula is C23H50N2. The second-order valence-electron chi connectivity index (χ2n) is 5.27. The molecule has 0 aliphatic heterocycles. The molecule has 2 heteroatoms. The number of hydrogen-bond acceptors (Lipinski definition) is 2. The van der Waals surface area contributed by atoms with Gasteiger partial charge in [0.2, 0.25) is 0 Å². The van der Waals surface area contributed by atoms with E-state index in [1.54, 1.807) is 0 Å². The van der Waals surface area contributed by atoms with Gasteiger partial charge >= 0.3 is 0 Å². The monoisotopic (exact) mass is 354 g/mol. The van der Waals surface area contributed by atoms with Crippen molar-refractivity contribution in [3.05, 3.63) is 35.9 Å².